The van der Waals surface area contributed by atoms with E-state index < -0.39 is 5.82 Å². The Bertz CT molecular complexity index is 545. The number of carbonyl (C=O) groups excluding carboxylic acids is 1. The third-order valence-corrected chi connectivity index (χ3v) is 5.53. The molecule has 1 amide bonds. The van der Waals surface area contributed by atoms with Crippen molar-refractivity contribution in [3.8, 4) is 0 Å². The van der Waals surface area contributed by atoms with E-state index in [0.29, 0.717) is 17.5 Å². The molecule has 2 bridgehead atoms. The van der Waals surface area contributed by atoms with E-state index in [-0.39, 0.29) is 16.8 Å². The van der Waals surface area contributed by atoms with Gasteiger partial charge in [0.25, 0.3) is 0 Å². The Balaban J connectivity index is 1.47. The molecule has 0 spiro atoms. The highest BCUT2D eigenvalue weighted by Crippen LogP contribution is 2.69. The average molecular weight is 280 g/mol. The largest absolute Gasteiger partial charge is 0.326 e. The summed E-state index contributed by atoms with van der Waals surface area (Å²) in [6.45, 7) is 0. The molecule has 0 aromatic heterocycles. The molecule has 1 aromatic carbocycles. The van der Waals surface area contributed by atoms with Crippen molar-refractivity contribution in [1.29, 1.82) is 0 Å². The molecule has 100 valence electrons. The normalized spacial score (nSPS) is 38.1. The average Bonchev–Trinajstić information content (AvgIpc) is 2.83. The van der Waals surface area contributed by atoms with E-state index in [1.807, 2.05) is 0 Å². The lowest BCUT2D eigenvalue weighted by Gasteiger charge is -2.10. The van der Waals surface area contributed by atoms with Crippen LogP contribution in [0.3, 0.4) is 0 Å². The van der Waals surface area contributed by atoms with Crippen LogP contribution in [0.15, 0.2) is 18.2 Å². The van der Waals surface area contributed by atoms with Gasteiger partial charge in [0.1, 0.15) is 5.82 Å². The predicted octanol–water partition coefficient (Wildman–Crippen LogP) is 3.71. The van der Waals surface area contributed by atoms with Crippen molar-refractivity contribution in [2.75, 3.05) is 5.32 Å². The topological polar surface area (TPSA) is 29.1 Å². The van der Waals surface area contributed by atoms with Crippen LogP contribution in [0.5, 0.6) is 0 Å². The quantitative estimate of drug-likeness (QED) is 0.878. The van der Waals surface area contributed by atoms with Gasteiger partial charge in [0.05, 0.1) is 5.02 Å². The Hall–Kier alpha value is -1.09. The molecule has 0 radical (unpaired) electrons. The first kappa shape index (κ1) is 11.7. The van der Waals surface area contributed by atoms with Gasteiger partial charge < -0.3 is 5.32 Å². The number of hydrogen-bond acceptors (Lipinski definition) is 1. The van der Waals surface area contributed by atoms with Gasteiger partial charge in [0, 0.05) is 11.6 Å². The number of hydrogen-bond donors (Lipinski definition) is 1. The number of carbonyl (C=O) groups is 1. The number of fused-ring (bicyclic) bond motifs is 5. The van der Waals surface area contributed by atoms with Crippen molar-refractivity contribution in [2.45, 2.75) is 19.3 Å². The molecule has 3 saturated carbocycles. The van der Waals surface area contributed by atoms with Crippen LogP contribution in [0.1, 0.15) is 19.3 Å². The first-order valence-electron chi connectivity index (χ1n) is 6.91. The second-order valence-corrected chi connectivity index (χ2v) is 6.54. The number of nitrogens with one attached hydrogen (secondary N) is 1. The zero-order chi connectivity index (χ0) is 13.1. The summed E-state index contributed by atoms with van der Waals surface area (Å²) >= 11 is 5.63. The first-order chi connectivity index (χ1) is 9.15. The summed E-state index contributed by atoms with van der Waals surface area (Å²) in [7, 11) is 0. The fourth-order valence-electron chi connectivity index (χ4n) is 4.48. The van der Waals surface area contributed by atoms with Crippen LogP contribution in [-0.4, -0.2) is 5.91 Å². The molecule has 3 aliphatic rings. The van der Waals surface area contributed by atoms with Crippen LogP contribution in [0.4, 0.5) is 10.1 Å². The van der Waals surface area contributed by atoms with Gasteiger partial charge >= 0.3 is 0 Å². The van der Waals surface area contributed by atoms with Crippen LogP contribution >= 0.6 is 11.6 Å². The van der Waals surface area contributed by atoms with Gasteiger partial charge in [0.15, 0.2) is 0 Å². The summed E-state index contributed by atoms with van der Waals surface area (Å²) < 4.78 is 13.3. The standard InChI is InChI=1S/C15H15ClFNO/c16-10-4-3-9(6-11(10)17)18-15(19)14-12-7-1-2-8(5-7)13(12)14/h3-4,6-8,12-14H,1-2,5H2,(H,18,19)/t7-,8-,12-,13+,14?/m0/s1. The smallest absolute Gasteiger partial charge is 0.228 e. The van der Waals surface area contributed by atoms with Crippen molar-refractivity contribution in [2.24, 2.45) is 29.6 Å². The lowest BCUT2D eigenvalue weighted by molar-refractivity contribution is -0.118. The second kappa shape index (κ2) is 3.95. The van der Waals surface area contributed by atoms with Crippen LogP contribution < -0.4 is 5.32 Å². The molecule has 0 heterocycles. The Morgan fingerprint density at radius 2 is 1.95 bits per heavy atom. The number of anilines is 1. The van der Waals surface area contributed by atoms with E-state index in [1.165, 1.54) is 31.4 Å². The molecule has 1 N–H and O–H groups in total. The van der Waals surface area contributed by atoms with Crippen molar-refractivity contribution in [3.63, 3.8) is 0 Å². The fraction of sp³-hybridized carbons (Fsp3) is 0.533. The molecule has 3 aliphatic carbocycles. The van der Waals surface area contributed by atoms with E-state index in [9.17, 15) is 9.18 Å². The van der Waals surface area contributed by atoms with Gasteiger partial charge in [-0.1, -0.05) is 11.6 Å². The Labute approximate surface area is 116 Å². The summed E-state index contributed by atoms with van der Waals surface area (Å²) in [5.41, 5.74) is 0.504. The molecule has 2 nitrogen and oxygen atoms in total. The van der Waals surface area contributed by atoms with Crippen LogP contribution in [0.25, 0.3) is 0 Å². The predicted molar refractivity (Wildman–Crippen MR) is 71.3 cm³/mol. The third kappa shape index (κ3) is 1.71. The summed E-state index contributed by atoms with van der Waals surface area (Å²) in [6, 6.07) is 4.41. The van der Waals surface area contributed by atoms with Crippen molar-refractivity contribution < 1.29 is 9.18 Å². The maximum Gasteiger partial charge on any atom is 0.228 e. The molecule has 5 atom stereocenters. The molecule has 1 unspecified atom stereocenters. The van der Waals surface area contributed by atoms with Gasteiger partial charge in [-0.25, -0.2) is 4.39 Å². The van der Waals surface area contributed by atoms with Crippen LogP contribution in [-0.2, 0) is 4.79 Å². The van der Waals surface area contributed by atoms with Crippen molar-refractivity contribution >= 4 is 23.2 Å². The summed E-state index contributed by atoms with van der Waals surface area (Å²) in [5.74, 6) is 2.50. The summed E-state index contributed by atoms with van der Waals surface area (Å²) in [4.78, 5) is 12.2. The minimum atomic E-state index is -0.490. The Kier molecular flexibility index (Phi) is 2.44. The number of rotatable bonds is 2. The van der Waals surface area contributed by atoms with Gasteiger partial charge in [-0.15, -0.1) is 0 Å². The maximum absolute atomic E-state index is 13.3. The van der Waals surface area contributed by atoms with E-state index in [4.69, 9.17) is 11.6 Å². The van der Waals surface area contributed by atoms with E-state index in [0.717, 1.165) is 11.8 Å². The Morgan fingerprint density at radius 1 is 1.26 bits per heavy atom. The highest BCUT2D eigenvalue weighted by molar-refractivity contribution is 6.30. The highest BCUT2D eigenvalue weighted by Gasteiger charge is 2.67. The summed E-state index contributed by atoms with van der Waals surface area (Å²) in [5, 5.41) is 2.91. The molecule has 3 fully saturated rings. The van der Waals surface area contributed by atoms with Crippen LogP contribution in [0, 0.1) is 35.4 Å². The van der Waals surface area contributed by atoms with Gasteiger partial charge in [0.2, 0.25) is 5.91 Å². The maximum atomic E-state index is 13.3. The van der Waals surface area contributed by atoms with E-state index >= 15 is 0 Å². The lowest BCUT2D eigenvalue weighted by atomic mass is 10.0. The molecule has 19 heavy (non-hydrogen) atoms. The van der Waals surface area contributed by atoms with E-state index in [1.54, 1.807) is 6.07 Å². The number of benzene rings is 1. The Morgan fingerprint density at radius 3 is 2.58 bits per heavy atom. The van der Waals surface area contributed by atoms with Gasteiger partial charge in [-0.2, -0.15) is 0 Å². The number of amides is 1. The minimum absolute atomic E-state index is 0.0633. The fourth-order valence-corrected chi connectivity index (χ4v) is 4.59. The monoisotopic (exact) mass is 279 g/mol. The van der Waals surface area contributed by atoms with Gasteiger partial charge in [-0.05, 0) is 61.1 Å². The van der Waals surface area contributed by atoms with Crippen molar-refractivity contribution in [3.05, 3.63) is 29.0 Å². The molecule has 4 rings (SSSR count). The zero-order valence-corrected chi connectivity index (χ0v) is 11.2. The molecular weight excluding hydrogens is 265 g/mol. The molecule has 4 heteroatoms. The first-order valence-corrected chi connectivity index (χ1v) is 7.29. The van der Waals surface area contributed by atoms with E-state index in [2.05, 4.69) is 5.32 Å². The highest BCUT2D eigenvalue weighted by atomic mass is 35.5. The van der Waals surface area contributed by atoms with Crippen LogP contribution in [0.2, 0.25) is 5.02 Å². The summed E-state index contributed by atoms with van der Waals surface area (Å²) in [6.07, 6.45) is 3.92. The zero-order valence-electron chi connectivity index (χ0n) is 10.4. The molecule has 1 aromatic rings. The third-order valence-electron chi connectivity index (χ3n) is 5.23. The molecule has 0 aliphatic heterocycles. The molecule has 0 saturated heterocycles. The minimum Gasteiger partial charge on any atom is -0.326 e. The second-order valence-electron chi connectivity index (χ2n) is 6.13. The van der Waals surface area contributed by atoms with Gasteiger partial charge in [-0.3, -0.25) is 4.79 Å². The number of halogens is 2. The lowest BCUT2D eigenvalue weighted by Crippen LogP contribution is -2.18. The SMILES string of the molecule is O=C(Nc1ccc(Cl)c(F)c1)C1[C@@H]2[C@H]3CC[C@@H](C3)[C@H]12. The van der Waals surface area contributed by atoms with Crippen molar-refractivity contribution in [1.82, 2.24) is 0 Å². The molecular formula is C15H15ClFNO.